The van der Waals surface area contributed by atoms with Gasteiger partial charge in [0.2, 0.25) is 12.2 Å². The van der Waals surface area contributed by atoms with Crippen LogP contribution in [-0.4, -0.2) is 31.7 Å². The summed E-state index contributed by atoms with van der Waals surface area (Å²) in [6.07, 6.45) is 1.23. The van der Waals surface area contributed by atoms with Crippen molar-refractivity contribution in [1.29, 1.82) is 0 Å². The van der Waals surface area contributed by atoms with Gasteiger partial charge in [-0.15, -0.1) is 0 Å². The van der Waals surface area contributed by atoms with Gasteiger partial charge in [0.1, 0.15) is 34.8 Å². The van der Waals surface area contributed by atoms with Crippen molar-refractivity contribution in [2.45, 2.75) is 5.92 Å². The lowest BCUT2D eigenvalue weighted by Crippen LogP contribution is -2.34. The molecule has 12 nitrogen and oxygen atoms in total. The van der Waals surface area contributed by atoms with Crippen molar-refractivity contribution in [1.82, 2.24) is 24.9 Å². The summed E-state index contributed by atoms with van der Waals surface area (Å²) in [7, 11) is 0. The Kier molecular flexibility index (Phi) is 3.31. The van der Waals surface area contributed by atoms with Crippen molar-refractivity contribution in [2.75, 3.05) is 17.8 Å². The summed E-state index contributed by atoms with van der Waals surface area (Å²) in [6.45, 7) is 0.0746. The zero-order valence-electron chi connectivity index (χ0n) is 15.6. The van der Waals surface area contributed by atoms with Gasteiger partial charge in [-0.05, 0) is 17.7 Å². The van der Waals surface area contributed by atoms with Gasteiger partial charge in [-0.3, -0.25) is 19.6 Å². The summed E-state index contributed by atoms with van der Waals surface area (Å²) in [5.74, 6) is 0.667. The lowest BCUT2D eigenvalue weighted by Gasteiger charge is -2.27. The van der Waals surface area contributed by atoms with E-state index in [1.54, 1.807) is 18.2 Å². The van der Waals surface area contributed by atoms with Gasteiger partial charge in [-0.1, -0.05) is 6.07 Å². The quantitative estimate of drug-likeness (QED) is 0.254. The summed E-state index contributed by atoms with van der Waals surface area (Å²) < 4.78 is 10.8. The average molecular weight is 419 g/mol. The Balaban J connectivity index is 1.72. The van der Waals surface area contributed by atoms with E-state index in [2.05, 4.69) is 30.2 Å². The number of benzene rings is 1. The summed E-state index contributed by atoms with van der Waals surface area (Å²) in [6, 6.07) is 5.13. The number of ether oxygens (including phenoxy) is 2. The molecule has 0 radical (unpaired) electrons. The van der Waals surface area contributed by atoms with Gasteiger partial charge < -0.3 is 25.5 Å². The fourth-order valence-corrected chi connectivity index (χ4v) is 4.09. The number of nitrogen functional groups attached to an aromatic ring is 1. The first-order valence-electron chi connectivity index (χ1n) is 9.20. The van der Waals surface area contributed by atoms with Crippen molar-refractivity contribution in [2.24, 2.45) is 0 Å². The van der Waals surface area contributed by atoms with Crippen LogP contribution in [0.2, 0.25) is 0 Å². The van der Waals surface area contributed by atoms with Crippen molar-refractivity contribution in [3.63, 3.8) is 0 Å². The number of anilines is 3. The molecule has 0 amide bonds. The van der Waals surface area contributed by atoms with Crippen LogP contribution in [0, 0.1) is 0 Å². The molecule has 31 heavy (non-hydrogen) atoms. The number of H-pyrrole nitrogens is 3. The Labute approximate surface area is 171 Å². The molecule has 4 aromatic rings. The summed E-state index contributed by atoms with van der Waals surface area (Å²) in [5.41, 5.74) is 5.42. The normalized spacial score (nSPS) is 15.9. The number of fused-ring (bicyclic) bond motifs is 4. The van der Waals surface area contributed by atoms with E-state index in [9.17, 15) is 14.4 Å². The fraction of sp³-hybridized carbons (Fsp3) is 0.105. The smallest absolute Gasteiger partial charge is 0.327 e. The maximum Gasteiger partial charge on any atom is 0.327 e. The molecule has 0 aliphatic carbocycles. The Morgan fingerprint density at radius 3 is 2.65 bits per heavy atom. The van der Waals surface area contributed by atoms with Gasteiger partial charge >= 0.3 is 5.69 Å². The van der Waals surface area contributed by atoms with Gasteiger partial charge in [0.25, 0.3) is 5.56 Å². The third-order valence-corrected chi connectivity index (χ3v) is 5.40. The molecular weight excluding hydrogens is 406 g/mol. The first-order valence-corrected chi connectivity index (χ1v) is 9.20. The number of nitrogens with two attached hydrogens (primary N) is 1. The van der Waals surface area contributed by atoms with Crippen LogP contribution in [-0.2, 0) is 0 Å². The summed E-state index contributed by atoms with van der Waals surface area (Å²) in [4.78, 5) is 54.1. The molecule has 0 spiro atoms. The highest BCUT2D eigenvalue weighted by Gasteiger charge is 2.35. The second kappa shape index (κ2) is 5.95. The van der Waals surface area contributed by atoms with Gasteiger partial charge in [0.05, 0.1) is 17.0 Å². The van der Waals surface area contributed by atoms with Crippen LogP contribution >= 0.6 is 0 Å². The van der Waals surface area contributed by atoms with E-state index in [1.165, 1.54) is 6.33 Å². The molecule has 0 fully saturated rings. The summed E-state index contributed by atoms with van der Waals surface area (Å²) in [5, 5.41) is 3.05. The van der Waals surface area contributed by atoms with E-state index in [1.807, 2.05) is 0 Å². The minimum Gasteiger partial charge on any atom is -0.454 e. The molecule has 1 aromatic carbocycles. The second-order valence-electron chi connectivity index (χ2n) is 7.09. The van der Waals surface area contributed by atoms with E-state index >= 15 is 0 Å². The second-order valence-corrected chi connectivity index (χ2v) is 7.09. The topological polar surface area (TPSA) is 181 Å². The molecule has 6 rings (SSSR count). The first-order chi connectivity index (χ1) is 15.0. The molecule has 5 heterocycles. The third kappa shape index (κ3) is 2.38. The van der Waals surface area contributed by atoms with Crippen LogP contribution in [0.15, 0.2) is 38.9 Å². The minimum atomic E-state index is -0.839. The maximum absolute atomic E-state index is 13.5. The summed E-state index contributed by atoms with van der Waals surface area (Å²) >= 11 is 0. The number of aromatic nitrogens is 5. The van der Waals surface area contributed by atoms with Crippen molar-refractivity contribution >= 4 is 28.5 Å². The zero-order chi connectivity index (χ0) is 21.3. The van der Waals surface area contributed by atoms with Crippen LogP contribution in [0.25, 0.3) is 11.0 Å². The molecule has 2 aliphatic rings. The minimum absolute atomic E-state index is 0.0136. The monoisotopic (exact) mass is 419 g/mol. The molecule has 3 aromatic heterocycles. The Hall–Kier alpha value is -4.61. The van der Waals surface area contributed by atoms with E-state index in [-0.39, 0.29) is 46.4 Å². The highest BCUT2D eigenvalue weighted by atomic mass is 16.7. The molecule has 0 bridgehead atoms. The molecule has 12 heteroatoms. The predicted octanol–water partition coefficient (Wildman–Crippen LogP) is 0.243. The number of rotatable bonds is 1. The third-order valence-electron chi connectivity index (χ3n) is 5.40. The lowest BCUT2D eigenvalue weighted by atomic mass is 9.83. The van der Waals surface area contributed by atoms with Crippen LogP contribution in [0.4, 0.5) is 17.5 Å². The Morgan fingerprint density at radius 2 is 1.77 bits per heavy atom. The number of hydrogen-bond donors (Lipinski definition) is 5. The predicted molar refractivity (Wildman–Crippen MR) is 109 cm³/mol. The molecular formula is C19H13N7O5. The number of pyridine rings is 1. The molecule has 0 saturated heterocycles. The molecule has 1 unspecified atom stereocenters. The first kappa shape index (κ1) is 17.3. The van der Waals surface area contributed by atoms with Crippen LogP contribution < -0.4 is 37.2 Å². The highest BCUT2D eigenvalue weighted by molar-refractivity contribution is 5.89. The SMILES string of the molecule is Nc1ncnc2[nH]c3c(c(=O)c12)C(c1ccc2c(c1)OCO2)c1c([nH]c(=O)[nH]c1=O)N3. The standard InChI is InChI=1S/C19H13N7O5/c20-14-12-13(27)10-9(6-1-2-7-8(3-6)31-5-30-7)11-17(25-19(29)26-18(11)28)24-16(10)23-15(12)22-4-21-14/h1-4,9H,5H2,(H6,20,21,22,23,24,25,26,27,28,29). The van der Waals surface area contributed by atoms with E-state index in [0.29, 0.717) is 17.1 Å². The van der Waals surface area contributed by atoms with Gasteiger partial charge in [0.15, 0.2) is 11.5 Å². The van der Waals surface area contributed by atoms with Crippen molar-refractivity contribution in [3.05, 3.63) is 72.3 Å². The Bertz CT molecular complexity index is 1590. The van der Waals surface area contributed by atoms with Gasteiger partial charge in [0, 0.05) is 0 Å². The van der Waals surface area contributed by atoms with E-state index < -0.39 is 22.6 Å². The van der Waals surface area contributed by atoms with E-state index in [0.717, 1.165) is 0 Å². The molecule has 6 N–H and O–H groups in total. The lowest BCUT2D eigenvalue weighted by molar-refractivity contribution is 0.174. The molecule has 1 atom stereocenters. The number of nitrogens with zero attached hydrogens (tertiary/aromatic N) is 2. The van der Waals surface area contributed by atoms with Crippen LogP contribution in [0.3, 0.4) is 0 Å². The van der Waals surface area contributed by atoms with Gasteiger partial charge in [-0.2, -0.15) is 0 Å². The maximum atomic E-state index is 13.5. The fourth-order valence-electron chi connectivity index (χ4n) is 4.09. The molecule has 0 saturated carbocycles. The number of aromatic amines is 3. The van der Waals surface area contributed by atoms with Gasteiger partial charge in [-0.25, -0.2) is 14.8 Å². The molecule has 2 aliphatic heterocycles. The van der Waals surface area contributed by atoms with Crippen molar-refractivity contribution < 1.29 is 9.47 Å². The zero-order valence-corrected chi connectivity index (χ0v) is 15.6. The number of nitrogens with one attached hydrogen (secondary N) is 4. The van der Waals surface area contributed by atoms with Crippen LogP contribution in [0.5, 0.6) is 11.5 Å². The van der Waals surface area contributed by atoms with Crippen LogP contribution in [0.1, 0.15) is 22.6 Å². The molecule has 154 valence electrons. The van der Waals surface area contributed by atoms with E-state index in [4.69, 9.17) is 15.2 Å². The number of hydrogen-bond acceptors (Lipinski definition) is 9. The highest BCUT2D eigenvalue weighted by Crippen LogP contribution is 2.43. The average Bonchev–Trinajstić information content (AvgIpc) is 3.20. The largest absolute Gasteiger partial charge is 0.454 e. The van der Waals surface area contributed by atoms with Crippen molar-refractivity contribution in [3.8, 4) is 11.5 Å². The Morgan fingerprint density at radius 1 is 0.968 bits per heavy atom.